The first-order valence-electron chi connectivity index (χ1n) is 42.9. The number of carbonyl (C=O) groups excluding carboxylic acids is 6. The molecule has 0 unspecified atom stereocenters. The molecule has 148 heavy (non-hydrogen) atoms. The predicted octanol–water partition coefficient (Wildman–Crippen LogP) is 27.8. The Labute approximate surface area is 948 Å². The van der Waals surface area contributed by atoms with Crippen molar-refractivity contribution in [2.45, 2.75) is 62.3 Å². The van der Waals surface area contributed by atoms with Gasteiger partial charge in [0.15, 0.2) is 69.0 Å². The second-order valence-electron chi connectivity index (χ2n) is 29.0. The first-order chi connectivity index (χ1) is 70.4. The fraction of sp³-hybridized carbons (Fsp3) is 0.160. The Balaban J connectivity index is 0.000000240. The van der Waals surface area contributed by atoms with Gasteiger partial charge in [-0.2, -0.15) is 30.6 Å². The summed E-state index contributed by atoms with van der Waals surface area (Å²) in [6.07, 6.45) is 7.34. The van der Waals surface area contributed by atoms with Crippen LogP contribution in [-0.4, -0.2) is 150 Å². The Morgan fingerprint density at radius 1 is 0.297 bits per heavy atom. The van der Waals surface area contributed by atoms with Gasteiger partial charge >= 0.3 is 0 Å². The van der Waals surface area contributed by atoms with E-state index in [-0.39, 0.29) is 147 Å². The number of halogens is 17. The lowest BCUT2D eigenvalue weighted by molar-refractivity contribution is 0.0946. The monoisotopic (exact) mass is 2530 g/mol. The van der Waals surface area contributed by atoms with Crippen LogP contribution in [-0.2, 0) is 0 Å². The SMILES string of the molecule is CCOc1cc(Br)cc(/C=N/NC(=O)c2ccc(C)cc2Cl)c1O.CCOc1cc(Cl)c(Cl)c(/C=N/NC(=O)c2cc(Cl)ccc2Br)c1O.CCOc1cc(Cl)c(Cl)c(/C=N/NC(=O)c2ccc(C)cc2Cl)c1O.CCOc1cc(Cl)c(Cl)c(/C=N/NC(=O)c2ccc(OC)cc2)c1O.CCOc1cc(Cl)c(Cl)c(/C=N/NC(=O)c2cccc(Br)c2C)c1O.CCOc1cc(Cl)c(Cl)c(/C=N/NC(=O)c2ccccc2Br)c1O. The van der Waals surface area contributed by atoms with Gasteiger partial charge in [0, 0.05) is 69.9 Å². The Hall–Kier alpha value is -11.4. The number of methoxy groups -OCH3 is 1. The molecule has 48 heteroatoms. The zero-order valence-electron chi connectivity index (χ0n) is 78.9. The molecule has 12 aromatic carbocycles. The van der Waals surface area contributed by atoms with E-state index in [0.29, 0.717) is 109 Å². The van der Waals surface area contributed by atoms with Crippen LogP contribution < -0.4 is 65.7 Å². The van der Waals surface area contributed by atoms with Crippen molar-refractivity contribution in [2.24, 2.45) is 30.6 Å². The molecule has 780 valence electrons. The first kappa shape index (κ1) is 123. The number of amides is 6. The molecule has 12 aromatic rings. The van der Waals surface area contributed by atoms with Gasteiger partial charge in [-0.15, -0.1) is 0 Å². The molecule has 12 N–H and O–H groups in total. The summed E-state index contributed by atoms with van der Waals surface area (Å²) in [5.41, 5.74) is 20.2. The molecule has 6 amide bonds. The Morgan fingerprint density at radius 2 is 0.595 bits per heavy atom. The van der Waals surface area contributed by atoms with Gasteiger partial charge < -0.3 is 63.8 Å². The average Bonchev–Trinajstić information content (AvgIpc) is 0.822. The average molecular weight is 2540 g/mol. The van der Waals surface area contributed by atoms with Crippen LogP contribution in [0.3, 0.4) is 0 Å². The Bertz CT molecular complexity index is 6930. The largest absolute Gasteiger partial charge is 0.504 e. The van der Waals surface area contributed by atoms with Crippen LogP contribution in [0.2, 0.25) is 65.3 Å². The molecule has 0 saturated carbocycles. The molecule has 0 aromatic heterocycles. The Morgan fingerprint density at radius 3 is 0.932 bits per heavy atom. The van der Waals surface area contributed by atoms with Crippen LogP contribution in [0, 0.1) is 20.8 Å². The highest BCUT2D eigenvalue weighted by molar-refractivity contribution is 9.11. The van der Waals surface area contributed by atoms with Crippen molar-refractivity contribution in [1.29, 1.82) is 0 Å². The van der Waals surface area contributed by atoms with Gasteiger partial charge in [-0.1, -0.05) is 213 Å². The molecule has 0 heterocycles. The zero-order valence-corrected chi connectivity index (χ0v) is 95.1. The van der Waals surface area contributed by atoms with Crippen LogP contribution in [0.4, 0.5) is 0 Å². The normalized spacial score (nSPS) is 10.9. The number of nitrogens with zero attached hydrogens (tertiary/aromatic N) is 6. The highest BCUT2D eigenvalue weighted by Crippen LogP contribution is 2.45. The Kier molecular flexibility index (Phi) is 51.4. The fourth-order valence-electron chi connectivity index (χ4n) is 11.8. The molecule has 0 aliphatic carbocycles. The predicted molar refractivity (Wildman–Crippen MR) is 601 cm³/mol. The number of rotatable bonds is 31. The number of hydrogen-bond acceptors (Lipinski definition) is 25. The molecule has 0 atom stereocenters. The third kappa shape index (κ3) is 35.9. The number of benzene rings is 12. The van der Waals surface area contributed by atoms with Crippen LogP contribution >= 0.6 is 215 Å². The summed E-state index contributed by atoms with van der Waals surface area (Å²) < 4.78 is 39.5. The van der Waals surface area contributed by atoms with E-state index in [1.165, 1.54) is 80.8 Å². The zero-order chi connectivity index (χ0) is 109. The number of nitrogens with one attached hydrogen (secondary N) is 6. The number of aromatic hydroxyl groups is 6. The molecular weight excluding hydrogens is 2450 g/mol. The van der Waals surface area contributed by atoms with E-state index in [1.54, 1.807) is 156 Å². The van der Waals surface area contributed by atoms with E-state index in [1.807, 2.05) is 33.8 Å². The maximum Gasteiger partial charge on any atom is 0.272 e. The third-order valence-electron chi connectivity index (χ3n) is 18.9. The fourth-order valence-corrected chi connectivity index (χ4v) is 16.3. The summed E-state index contributed by atoms with van der Waals surface area (Å²) in [4.78, 5) is 72.7. The second kappa shape index (κ2) is 61.6. The summed E-state index contributed by atoms with van der Waals surface area (Å²) in [6.45, 7) is 18.4. The minimum atomic E-state index is -0.496. The topological polar surface area (TPSA) is 435 Å². The highest BCUT2D eigenvalue weighted by atomic mass is 79.9. The molecule has 0 saturated heterocycles. The maximum absolute atomic E-state index is 12.2. The molecule has 0 aliphatic rings. The molecule has 31 nitrogen and oxygen atoms in total. The van der Waals surface area contributed by atoms with Crippen molar-refractivity contribution in [3.63, 3.8) is 0 Å². The number of ether oxygens (including phenoxy) is 7. The number of carbonyl (C=O) groups is 6. The smallest absolute Gasteiger partial charge is 0.272 e. The minimum Gasteiger partial charge on any atom is -0.504 e. The van der Waals surface area contributed by atoms with Gasteiger partial charge in [0.2, 0.25) is 0 Å². The van der Waals surface area contributed by atoms with Crippen LogP contribution in [0.5, 0.6) is 74.7 Å². The minimum absolute atomic E-state index is 0.0496. The van der Waals surface area contributed by atoms with Crippen LogP contribution in [0.25, 0.3) is 0 Å². The number of phenolic OH excluding ortho intramolecular Hbond substituents is 6. The molecule has 0 fully saturated rings. The first-order valence-corrected chi connectivity index (χ1v) is 50.9. The molecule has 0 aliphatic heterocycles. The van der Waals surface area contributed by atoms with E-state index in [4.69, 9.17) is 184 Å². The quantitative estimate of drug-likeness (QED) is 0.0142. The lowest BCUT2D eigenvalue weighted by atomic mass is 10.1. The van der Waals surface area contributed by atoms with Gasteiger partial charge in [-0.3, -0.25) is 28.8 Å². The molecular formula is C100H87Br4Cl13N12O19. The van der Waals surface area contributed by atoms with Gasteiger partial charge in [0.1, 0.15) is 5.75 Å². The van der Waals surface area contributed by atoms with E-state index < -0.39 is 35.4 Å². The summed E-state index contributed by atoms with van der Waals surface area (Å²) in [5, 5.41) is 86.6. The maximum atomic E-state index is 12.2. The highest BCUT2D eigenvalue weighted by Gasteiger charge is 2.24. The van der Waals surface area contributed by atoms with Crippen molar-refractivity contribution in [1.82, 2.24) is 32.6 Å². The third-order valence-corrected chi connectivity index (χ3v) is 26.5. The van der Waals surface area contributed by atoms with E-state index in [2.05, 4.69) is 127 Å². The van der Waals surface area contributed by atoms with E-state index in [9.17, 15) is 59.4 Å². The molecule has 12 rings (SSSR count). The number of phenols is 6. The number of hydrogen-bond donors (Lipinski definition) is 12. The number of hydrazone groups is 6. The van der Waals surface area contributed by atoms with Crippen molar-refractivity contribution in [3.05, 3.63) is 330 Å². The summed E-state index contributed by atoms with van der Waals surface area (Å²) in [7, 11) is 1.54. The van der Waals surface area contributed by atoms with Crippen molar-refractivity contribution < 1.29 is 92.6 Å². The van der Waals surface area contributed by atoms with Gasteiger partial charge in [-0.05, 0) is 214 Å². The van der Waals surface area contributed by atoms with Crippen molar-refractivity contribution >= 4 is 287 Å². The summed E-state index contributed by atoms with van der Waals surface area (Å²) in [6, 6.07) is 44.0. The summed E-state index contributed by atoms with van der Waals surface area (Å²) in [5.74, 6) is -1.90. The van der Waals surface area contributed by atoms with Gasteiger partial charge in [0.25, 0.3) is 35.4 Å². The second-order valence-corrected chi connectivity index (χ2v) is 37.7. The van der Waals surface area contributed by atoms with Crippen LogP contribution in [0.1, 0.15) is 154 Å². The van der Waals surface area contributed by atoms with E-state index in [0.717, 1.165) is 25.6 Å². The van der Waals surface area contributed by atoms with Gasteiger partial charge in [0.05, 0.1) is 194 Å². The van der Waals surface area contributed by atoms with Crippen LogP contribution in [0.15, 0.2) is 212 Å². The van der Waals surface area contributed by atoms with Gasteiger partial charge in [-0.25, -0.2) is 32.6 Å². The summed E-state index contributed by atoms with van der Waals surface area (Å²) >= 11 is 91.7. The van der Waals surface area contributed by atoms with Crippen molar-refractivity contribution in [3.8, 4) is 74.7 Å². The van der Waals surface area contributed by atoms with Crippen molar-refractivity contribution in [2.75, 3.05) is 46.8 Å². The molecule has 0 spiro atoms. The molecule has 0 radical (unpaired) electrons. The lowest BCUT2D eigenvalue weighted by Crippen LogP contribution is -2.18. The number of aryl methyl sites for hydroxylation is 2. The molecule has 0 bridgehead atoms. The lowest BCUT2D eigenvalue weighted by Gasteiger charge is -2.11. The standard InChI is InChI=1S/C17H15BrCl2N2O3.C17H16BrClN2O3.C17H15Cl3N2O3.C17H16Cl2N2O4.C16H12BrCl3N2O3.C16H13BrCl2N2O3/c1-3-25-14-7-13(19)15(20)11(16(14)23)8-21-22-17(24)10-5-4-6-12(18)9(10)2;1-3-24-15-8-12(18)7-11(16(15)22)9-20-21-17(23)13-5-4-10(2)6-14(13)19;1-3-25-14-7-13(19)15(20)11(16(14)23)8-21-22-17(24)10-5-4-9(2)6-12(10)18;1-3-25-14-8-13(18)15(19)12(16(14)22)9-20-21-17(23)10-4-6-11(24-2)7-5-10;1-2-25-13-6-12(19)14(20)10(15(13)23)7-21-22-16(24)9-5-8(18)3-4-11(9)17;1-2-24-13-7-12(18)14(19)10(15(13)22)8-20-21-16(23)9-5-3-4-6-11(9)17/h4-8,23H,3H2,1-2H3,(H,22,24);4-9,22H,3H2,1-2H3,(H,21,23);4-8,23H,3H2,1-2H3,(H,22,24);4-9,22H,3H2,1-2H3,(H,21,23);3-7,23H,2H2,1H3,(H,22,24);3-8,22H,2H2,1H3,(H,21,23)/b21-8+;20-9+;21-8+;20-9+;21-7+;20-8+. The van der Waals surface area contributed by atoms with E-state index >= 15 is 0 Å².